The van der Waals surface area contributed by atoms with Gasteiger partial charge in [-0.05, 0) is 24.3 Å². The molecule has 0 saturated carbocycles. The minimum Gasteiger partial charge on any atom is -0.494 e. The third kappa shape index (κ3) is 4.31. The predicted octanol–water partition coefficient (Wildman–Crippen LogP) is 3.19. The molecule has 0 fully saturated rings. The van der Waals surface area contributed by atoms with E-state index in [1.165, 1.54) is 26.4 Å². The summed E-state index contributed by atoms with van der Waals surface area (Å²) in [4.78, 5) is 51.2. The van der Waals surface area contributed by atoms with Gasteiger partial charge in [0.1, 0.15) is 18.0 Å². The Labute approximate surface area is 195 Å². The fourth-order valence-electron chi connectivity index (χ4n) is 3.59. The number of nitrogens with one attached hydrogen (secondary N) is 2. The monoisotopic (exact) mass is 459 g/mol. The Kier molecular flexibility index (Phi) is 6.26. The molecule has 0 saturated heterocycles. The van der Waals surface area contributed by atoms with Gasteiger partial charge in [0.25, 0.3) is 17.7 Å². The van der Waals surface area contributed by atoms with Gasteiger partial charge in [0.2, 0.25) is 5.91 Å². The number of benzene rings is 3. The van der Waals surface area contributed by atoms with Crippen LogP contribution in [0.4, 0.5) is 11.4 Å². The molecule has 1 aliphatic heterocycles. The summed E-state index contributed by atoms with van der Waals surface area (Å²) in [5.74, 6) is -1.47. The lowest BCUT2D eigenvalue weighted by Gasteiger charge is -2.18. The Morgan fingerprint density at radius 1 is 0.765 bits per heavy atom. The molecule has 4 amide bonds. The van der Waals surface area contributed by atoms with Crippen molar-refractivity contribution in [2.45, 2.75) is 0 Å². The van der Waals surface area contributed by atoms with Crippen molar-refractivity contribution < 1.29 is 28.7 Å². The number of methoxy groups -OCH3 is 2. The minimum absolute atomic E-state index is 0.249. The number of hydrogen-bond donors (Lipinski definition) is 2. The third-order valence-electron chi connectivity index (χ3n) is 5.26. The lowest BCUT2D eigenvalue weighted by molar-refractivity contribution is -0.116. The van der Waals surface area contributed by atoms with Crippen molar-refractivity contribution in [1.29, 1.82) is 0 Å². The summed E-state index contributed by atoms with van der Waals surface area (Å²) < 4.78 is 10.7. The van der Waals surface area contributed by atoms with E-state index in [0.717, 1.165) is 4.90 Å². The molecule has 0 aliphatic carbocycles. The van der Waals surface area contributed by atoms with Crippen LogP contribution in [0, 0.1) is 0 Å². The van der Waals surface area contributed by atoms with E-state index in [9.17, 15) is 19.2 Å². The Hall–Kier alpha value is -4.66. The summed E-state index contributed by atoms with van der Waals surface area (Å²) in [6, 6.07) is 18.1. The van der Waals surface area contributed by atoms with E-state index in [-0.39, 0.29) is 34.2 Å². The van der Waals surface area contributed by atoms with Crippen LogP contribution in [0.2, 0.25) is 0 Å². The third-order valence-corrected chi connectivity index (χ3v) is 5.26. The highest BCUT2D eigenvalue weighted by atomic mass is 16.5. The number of anilines is 2. The minimum atomic E-state index is -0.601. The molecule has 9 heteroatoms. The molecule has 3 aromatic rings. The Morgan fingerprint density at radius 3 is 1.79 bits per heavy atom. The van der Waals surface area contributed by atoms with Crippen molar-refractivity contribution in [3.8, 4) is 11.5 Å². The summed E-state index contributed by atoms with van der Waals surface area (Å²) >= 11 is 0. The average Bonchev–Trinajstić information content (AvgIpc) is 3.10. The maximum atomic E-state index is 12.7. The van der Waals surface area contributed by atoms with Crippen LogP contribution in [0.25, 0.3) is 0 Å². The van der Waals surface area contributed by atoms with Gasteiger partial charge < -0.3 is 20.1 Å². The number of amides is 4. The molecule has 0 spiro atoms. The number of carbonyl (C=O) groups is 4. The molecule has 2 N–H and O–H groups in total. The number of carbonyl (C=O) groups excluding carboxylic acids is 4. The second-order valence-corrected chi connectivity index (χ2v) is 7.36. The van der Waals surface area contributed by atoms with Crippen LogP contribution in [-0.4, -0.2) is 49.3 Å². The number of nitrogens with zero attached hydrogens (tertiary/aromatic N) is 1. The van der Waals surface area contributed by atoms with Crippen molar-refractivity contribution in [2.75, 3.05) is 31.4 Å². The molecule has 3 aromatic carbocycles. The Bertz CT molecular complexity index is 1250. The van der Waals surface area contributed by atoms with Crippen LogP contribution in [0.15, 0.2) is 66.7 Å². The molecule has 4 rings (SSSR count). The first kappa shape index (κ1) is 22.5. The van der Waals surface area contributed by atoms with E-state index in [4.69, 9.17) is 9.47 Å². The van der Waals surface area contributed by atoms with Crippen LogP contribution in [-0.2, 0) is 4.79 Å². The van der Waals surface area contributed by atoms with Crippen molar-refractivity contribution in [3.63, 3.8) is 0 Å². The van der Waals surface area contributed by atoms with Gasteiger partial charge in [0, 0.05) is 17.7 Å². The molecule has 0 radical (unpaired) electrons. The molecular formula is C25H21N3O6. The maximum absolute atomic E-state index is 12.7. The number of ether oxygens (including phenoxy) is 2. The van der Waals surface area contributed by atoms with Gasteiger partial charge in [-0.2, -0.15) is 0 Å². The molecule has 0 unspecified atom stereocenters. The fraction of sp³-hybridized carbons (Fsp3) is 0.120. The van der Waals surface area contributed by atoms with Crippen molar-refractivity contribution in [3.05, 3.63) is 83.4 Å². The molecule has 1 heterocycles. The highest BCUT2D eigenvalue weighted by Gasteiger charge is 2.36. The van der Waals surface area contributed by atoms with Crippen LogP contribution in [0.5, 0.6) is 11.5 Å². The Morgan fingerprint density at radius 2 is 1.26 bits per heavy atom. The second kappa shape index (κ2) is 9.45. The van der Waals surface area contributed by atoms with Gasteiger partial charge in [-0.15, -0.1) is 0 Å². The van der Waals surface area contributed by atoms with Crippen LogP contribution >= 0.6 is 0 Å². The zero-order chi connectivity index (χ0) is 24.2. The summed E-state index contributed by atoms with van der Waals surface area (Å²) in [7, 11) is 2.83. The normalized spacial score (nSPS) is 12.2. The zero-order valence-corrected chi connectivity index (χ0v) is 18.5. The first-order valence-corrected chi connectivity index (χ1v) is 10.3. The predicted molar refractivity (Wildman–Crippen MR) is 124 cm³/mol. The highest BCUT2D eigenvalue weighted by molar-refractivity contribution is 6.22. The first-order valence-electron chi connectivity index (χ1n) is 10.3. The van der Waals surface area contributed by atoms with Crippen LogP contribution < -0.4 is 20.1 Å². The summed E-state index contributed by atoms with van der Waals surface area (Å²) in [6.07, 6.45) is 0. The molecule has 34 heavy (non-hydrogen) atoms. The van der Waals surface area contributed by atoms with Crippen LogP contribution in [0.3, 0.4) is 0 Å². The van der Waals surface area contributed by atoms with Gasteiger partial charge >= 0.3 is 0 Å². The summed E-state index contributed by atoms with van der Waals surface area (Å²) in [5.41, 5.74) is 1.57. The van der Waals surface area contributed by atoms with Crippen LogP contribution in [0.1, 0.15) is 31.1 Å². The smallest absolute Gasteiger partial charge is 0.262 e. The van der Waals surface area contributed by atoms with Crippen molar-refractivity contribution >= 4 is 35.0 Å². The van der Waals surface area contributed by atoms with E-state index in [1.54, 1.807) is 54.6 Å². The number of rotatable bonds is 7. The van der Waals surface area contributed by atoms with Gasteiger partial charge in [-0.3, -0.25) is 24.1 Å². The zero-order valence-electron chi connectivity index (χ0n) is 18.5. The standard InChI is InChI=1S/C25H21N3O6/c1-33-20-13-19(27-23(30)15-8-4-3-5-9-15)21(34-2)12-18(20)26-22(29)14-28-24(31)16-10-6-7-11-17(16)25(28)32/h3-13H,14H2,1-2H3,(H,26,29)(H,27,30). The number of fused-ring (bicyclic) bond motifs is 1. The highest BCUT2D eigenvalue weighted by Crippen LogP contribution is 2.36. The molecular weight excluding hydrogens is 438 g/mol. The quantitative estimate of drug-likeness (QED) is 0.525. The van der Waals surface area contributed by atoms with Gasteiger partial charge in [-0.25, -0.2) is 0 Å². The van der Waals surface area contributed by atoms with E-state index >= 15 is 0 Å². The van der Waals surface area contributed by atoms with Gasteiger partial charge in [-0.1, -0.05) is 30.3 Å². The lowest BCUT2D eigenvalue weighted by atomic mass is 10.1. The van der Waals surface area contributed by atoms with E-state index in [0.29, 0.717) is 11.3 Å². The van der Waals surface area contributed by atoms with E-state index in [2.05, 4.69) is 10.6 Å². The van der Waals surface area contributed by atoms with E-state index < -0.39 is 24.3 Å². The molecule has 0 aromatic heterocycles. The largest absolute Gasteiger partial charge is 0.494 e. The molecule has 1 aliphatic rings. The summed E-state index contributed by atoms with van der Waals surface area (Å²) in [6.45, 7) is -0.468. The van der Waals surface area contributed by atoms with E-state index in [1.807, 2.05) is 0 Å². The molecule has 0 bridgehead atoms. The fourth-order valence-corrected chi connectivity index (χ4v) is 3.59. The second-order valence-electron chi connectivity index (χ2n) is 7.36. The Balaban J connectivity index is 1.52. The SMILES string of the molecule is COc1cc(NC(=O)c2ccccc2)c(OC)cc1NC(=O)CN1C(=O)c2ccccc2C1=O. The topological polar surface area (TPSA) is 114 Å². The number of hydrogen-bond acceptors (Lipinski definition) is 6. The summed E-state index contributed by atoms with van der Waals surface area (Å²) in [5, 5.41) is 5.40. The van der Waals surface area contributed by atoms with Gasteiger partial charge in [0.15, 0.2) is 0 Å². The number of imide groups is 1. The molecule has 0 atom stereocenters. The first-order chi connectivity index (χ1) is 16.4. The van der Waals surface area contributed by atoms with Crippen molar-refractivity contribution in [2.24, 2.45) is 0 Å². The van der Waals surface area contributed by atoms with Crippen molar-refractivity contribution in [1.82, 2.24) is 4.90 Å². The average molecular weight is 459 g/mol. The maximum Gasteiger partial charge on any atom is 0.262 e. The molecule has 9 nitrogen and oxygen atoms in total. The molecule has 172 valence electrons. The lowest BCUT2D eigenvalue weighted by Crippen LogP contribution is -2.37. The van der Waals surface area contributed by atoms with Gasteiger partial charge in [0.05, 0.1) is 36.7 Å².